The maximum Gasteiger partial charge on any atom is 0.218 e. The molecule has 1 aromatic rings. The van der Waals surface area contributed by atoms with E-state index in [4.69, 9.17) is 0 Å². The minimum absolute atomic E-state index is 0.106. The van der Waals surface area contributed by atoms with E-state index in [2.05, 4.69) is 12.2 Å². The molecule has 0 aliphatic carbocycles. The van der Waals surface area contributed by atoms with Gasteiger partial charge in [0.15, 0.2) is 0 Å². The zero-order valence-corrected chi connectivity index (χ0v) is 13.1. The first-order chi connectivity index (χ1) is 9.53. The van der Waals surface area contributed by atoms with Gasteiger partial charge in [-0.15, -0.1) is 0 Å². The van der Waals surface area contributed by atoms with E-state index in [9.17, 15) is 8.42 Å². The largest absolute Gasteiger partial charge is 0.317 e. The topological polar surface area (TPSA) is 49.4 Å². The lowest BCUT2D eigenvalue weighted by molar-refractivity contribution is 0.229. The normalized spacial score (nSPS) is 22.6. The molecule has 2 atom stereocenters. The van der Waals surface area contributed by atoms with Crippen LogP contribution >= 0.6 is 0 Å². The quantitative estimate of drug-likeness (QED) is 0.902. The van der Waals surface area contributed by atoms with Crippen LogP contribution < -0.4 is 5.32 Å². The average molecular weight is 296 g/mol. The Labute approximate surface area is 122 Å². The van der Waals surface area contributed by atoms with E-state index in [1.807, 2.05) is 37.4 Å². The molecule has 1 aromatic carbocycles. The van der Waals surface area contributed by atoms with Gasteiger partial charge in [0.25, 0.3) is 0 Å². The molecule has 5 heteroatoms. The zero-order valence-electron chi connectivity index (χ0n) is 12.2. The summed E-state index contributed by atoms with van der Waals surface area (Å²) in [5, 5.41) is 3.23. The first-order valence-electron chi connectivity index (χ1n) is 7.22. The Morgan fingerprint density at radius 1 is 1.35 bits per heavy atom. The predicted octanol–water partition coefficient (Wildman–Crippen LogP) is 1.84. The fourth-order valence-corrected chi connectivity index (χ4v) is 4.37. The van der Waals surface area contributed by atoms with Gasteiger partial charge < -0.3 is 5.32 Å². The highest BCUT2D eigenvalue weighted by Crippen LogP contribution is 2.23. The molecule has 1 aliphatic rings. The van der Waals surface area contributed by atoms with Crippen molar-refractivity contribution in [1.29, 1.82) is 0 Å². The van der Waals surface area contributed by atoms with E-state index < -0.39 is 10.0 Å². The van der Waals surface area contributed by atoms with Crippen molar-refractivity contribution >= 4 is 10.0 Å². The Hall–Kier alpha value is -0.910. The molecule has 2 unspecified atom stereocenters. The van der Waals surface area contributed by atoms with Crippen LogP contribution in [0.2, 0.25) is 0 Å². The number of piperidine rings is 1. The molecule has 0 saturated carbocycles. The lowest BCUT2D eigenvalue weighted by atomic mass is 9.93. The van der Waals surface area contributed by atoms with Crippen molar-refractivity contribution < 1.29 is 8.42 Å². The standard InChI is InChI=1S/C15H24N2O2S/c1-13(16-2)15-9-6-10-17(11-15)20(18,19)12-14-7-4-3-5-8-14/h3-5,7-8,13,15-16H,6,9-12H2,1-2H3. The summed E-state index contributed by atoms with van der Waals surface area (Å²) >= 11 is 0. The van der Waals surface area contributed by atoms with Gasteiger partial charge in [-0.25, -0.2) is 12.7 Å². The second-order valence-corrected chi connectivity index (χ2v) is 7.55. The zero-order chi connectivity index (χ0) is 14.6. The van der Waals surface area contributed by atoms with Crippen molar-refractivity contribution in [3.05, 3.63) is 35.9 Å². The van der Waals surface area contributed by atoms with E-state index in [0.29, 0.717) is 25.0 Å². The molecule has 1 fully saturated rings. The SMILES string of the molecule is CNC(C)C1CCCN(S(=O)(=O)Cc2ccccc2)C1. The van der Waals surface area contributed by atoms with Crippen LogP contribution in [0.3, 0.4) is 0 Å². The molecule has 112 valence electrons. The summed E-state index contributed by atoms with van der Waals surface area (Å²) < 4.78 is 26.7. The van der Waals surface area contributed by atoms with Crippen molar-refractivity contribution in [3.8, 4) is 0 Å². The van der Waals surface area contributed by atoms with Crippen LogP contribution in [-0.4, -0.2) is 38.9 Å². The van der Waals surface area contributed by atoms with Gasteiger partial charge in [-0.05, 0) is 38.3 Å². The smallest absolute Gasteiger partial charge is 0.218 e. The third kappa shape index (κ3) is 3.81. The molecule has 0 spiro atoms. The van der Waals surface area contributed by atoms with Crippen LogP contribution in [0.5, 0.6) is 0 Å². The molecular weight excluding hydrogens is 272 g/mol. The minimum Gasteiger partial charge on any atom is -0.317 e. The number of sulfonamides is 1. The highest BCUT2D eigenvalue weighted by Gasteiger charge is 2.30. The summed E-state index contributed by atoms with van der Waals surface area (Å²) in [6.45, 7) is 3.41. The summed E-state index contributed by atoms with van der Waals surface area (Å²) in [7, 11) is -1.27. The van der Waals surface area contributed by atoms with Crippen LogP contribution in [0, 0.1) is 5.92 Å². The number of nitrogens with zero attached hydrogens (tertiary/aromatic N) is 1. The molecule has 1 aliphatic heterocycles. The monoisotopic (exact) mass is 296 g/mol. The highest BCUT2D eigenvalue weighted by atomic mass is 32.2. The lowest BCUT2D eigenvalue weighted by Gasteiger charge is -2.35. The number of rotatable bonds is 5. The van der Waals surface area contributed by atoms with Crippen molar-refractivity contribution in [2.75, 3.05) is 20.1 Å². The molecular formula is C15H24N2O2S. The molecule has 1 saturated heterocycles. The molecule has 0 radical (unpaired) electrons. The Morgan fingerprint density at radius 2 is 2.05 bits per heavy atom. The van der Waals surface area contributed by atoms with Crippen LogP contribution in [0.1, 0.15) is 25.3 Å². The molecule has 20 heavy (non-hydrogen) atoms. The fourth-order valence-electron chi connectivity index (χ4n) is 2.75. The number of nitrogens with one attached hydrogen (secondary N) is 1. The highest BCUT2D eigenvalue weighted by molar-refractivity contribution is 7.88. The summed E-state index contributed by atoms with van der Waals surface area (Å²) in [5.41, 5.74) is 0.858. The van der Waals surface area contributed by atoms with Crippen molar-refractivity contribution in [2.45, 2.75) is 31.6 Å². The molecule has 0 aromatic heterocycles. The van der Waals surface area contributed by atoms with Crippen LogP contribution in [0.4, 0.5) is 0 Å². The number of hydrogen-bond donors (Lipinski definition) is 1. The van der Waals surface area contributed by atoms with Crippen LogP contribution in [-0.2, 0) is 15.8 Å². The summed E-state index contributed by atoms with van der Waals surface area (Å²) in [5.74, 6) is 0.508. The van der Waals surface area contributed by atoms with E-state index in [-0.39, 0.29) is 5.75 Å². The van der Waals surface area contributed by atoms with Gasteiger partial charge in [-0.1, -0.05) is 30.3 Å². The van der Waals surface area contributed by atoms with Gasteiger partial charge in [-0.3, -0.25) is 0 Å². The fraction of sp³-hybridized carbons (Fsp3) is 0.600. The molecule has 2 rings (SSSR count). The van der Waals surface area contributed by atoms with Gasteiger partial charge in [0.05, 0.1) is 5.75 Å². The lowest BCUT2D eigenvalue weighted by Crippen LogP contribution is -2.46. The molecule has 1 N–H and O–H groups in total. The number of hydrogen-bond acceptors (Lipinski definition) is 3. The molecule has 1 heterocycles. The first kappa shape index (κ1) is 15.5. The predicted molar refractivity (Wildman–Crippen MR) is 81.9 cm³/mol. The molecule has 0 bridgehead atoms. The second kappa shape index (κ2) is 6.70. The van der Waals surface area contributed by atoms with Gasteiger partial charge in [0.2, 0.25) is 10.0 Å². The Kier molecular flexibility index (Phi) is 5.18. The van der Waals surface area contributed by atoms with Crippen LogP contribution in [0.15, 0.2) is 30.3 Å². The van der Waals surface area contributed by atoms with Gasteiger partial charge in [-0.2, -0.15) is 0 Å². The van der Waals surface area contributed by atoms with Gasteiger partial charge in [0, 0.05) is 19.1 Å². The Morgan fingerprint density at radius 3 is 2.70 bits per heavy atom. The van der Waals surface area contributed by atoms with Crippen molar-refractivity contribution in [2.24, 2.45) is 5.92 Å². The van der Waals surface area contributed by atoms with Gasteiger partial charge in [0.1, 0.15) is 0 Å². The summed E-state index contributed by atoms with van der Waals surface area (Å²) in [6.07, 6.45) is 2.05. The maximum absolute atomic E-state index is 12.5. The summed E-state index contributed by atoms with van der Waals surface area (Å²) in [4.78, 5) is 0. The minimum atomic E-state index is -3.21. The van der Waals surface area contributed by atoms with Crippen molar-refractivity contribution in [3.63, 3.8) is 0 Å². The Bertz CT molecular complexity index is 516. The third-order valence-electron chi connectivity index (χ3n) is 4.17. The first-order valence-corrected chi connectivity index (χ1v) is 8.83. The van der Waals surface area contributed by atoms with E-state index >= 15 is 0 Å². The average Bonchev–Trinajstić information content (AvgIpc) is 2.47. The van der Waals surface area contributed by atoms with Gasteiger partial charge >= 0.3 is 0 Å². The van der Waals surface area contributed by atoms with E-state index in [1.54, 1.807) is 4.31 Å². The van der Waals surface area contributed by atoms with E-state index in [1.165, 1.54) is 0 Å². The third-order valence-corrected chi connectivity index (χ3v) is 5.98. The summed E-state index contributed by atoms with van der Waals surface area (Å²) in [6, 6.07) is 9.76. The van der Waals surface area contributed by atoms with Crippen LogP contribution in [0.25, 0.3) is 0 Å². The van der Waals surface area contributed by atoms with E-state index in [0.717, 1.165) is 18.4 Å². The van der Waals surface area contributed by atoms with Crippen molar-refractivity contribution in [1.82, 2.24) is 9.62 Å². The number of benzene rings is 1. The molecule has 0 amide bonds. The molecule has 4 nitrogen and oxygen atoms in total. The maximum atomic E-state index is 12.5. The Balaban J connectivity index is 2.05. The second-order valence-electron chi connectivity index (χ2n) is 5.58.